The number of para-hydroxylation sites is 2. The van der Waals surface area contributed by atoms with Crippen LogP contribution < -0.4 is 20.9 Å². The van der Waals surface area contributed by atoms with Crippen molar-refractivity contribution in [3.63, 3.8) is 0 Å². The molecule has 0 radical (unpaired) electrons. The van der Waals surface area contributed by atoms with E-state index in [1.54, 1.807) is 24.3 Å². The van der Waals surface area contributed by atoms with E-state index in [4.69, 9.17) is 33.0 Å². The van der Waals surface area contributed by atoms with Gasteiger partial charge in [0.2, 0.25) is 0 Å². The second kappa shape index (κ2) is 9.27. The lowest BCUT2D eigenvalue weighted by molar-refractivity contribution is -0.137. The fourth-order valence-corrected chi connectivity index (χ4v) is 2.97. The number of halogens is 4. The average molecular weight is 470 g/mol. The number of rotatable bonds is 4. The lowest BCUT2D eigenvalue weighted by atomic mass is 10.1. The third-order valence-electron chi connectivity index (χ3n) is 4.03. The van der Waals surface area contributed by atoms with E-state index in [1.807, 2.05) is 0 Å². The molecule has 1 amide bonds. The predicted octanol–water partition coefficient (Wildman–Crippen LogP) is 5.26. The molecule has 0 saturated heterocycles. The van der Waals surface area contributed by atoms with Crippen LogP contribution in [-0.4, -0.2) is 18.1 Å². The molecule has 3 rings (SSSR count). The van der Waals surface area contributed by atoms with Crippen molar-refractivity contribution in [3.05, 3.63) is 70.9 Å². The summed E-state index contributed by atoms with van der Waals surface area (Å²) in [5.41, 5.74) is 4.55. The molecule has 0 bridgehead atoms. The summed E-state index contributed by atoms with van der Waals surface area (Å²) < 4.78 is 49.7. The first kappa shape index (κ1) is 22.4. The summed E-state index contributed by atoms with van der Waals surface area (Å²) >= 11 is 10.7. The highest BCUT2D eigenvalue weighted by atomic mass is 35.5. The fourth-order valence-electron chi connectivity index (χ4n) is 2.59. The maximum Gasteiger partial charge on any atom is 0.417 e. The lowest BCUT2D eigenvalue weighted by Gasteiger charge is -2.13. The Hall–Kier alpha value is -3.24. The number of nitrogens with one attached hydrogen (secondary N) is 3. The topological polar surface area (TPSA) is 75.5 Å². The number of thiocarbonyl (C=S) groups is 1. The molecule has 0 aliphatic carbocycles. The number of hydrazine groups is 1. The third kappa shape index (κ3) is 5.47. The highest BCUT2D eigenvalue weighted by Crippen LogP contribution is 2.37. The SMILES string of the molecule is COc1ccccc1NC(=S)NNC(=O)c1ccc(-c2ccc(Cl)c(C(F)(F)F)c2)o1. The predicted molar refractivity (Wildman–Crippen MR) is 114 cm³/mol. The Balaban J connectivity index is 1.65. The van der Waals surface area contributed by atoms with Crippen molar-refractivity contribution in [1.82, 2.24) is 10.9 Å². The van der Waals surface area contributed by atoms with Crippen molar-refractivity contribution in [2.75, 3.05) is 12.4 Å². The summed E-state index contributed by atoms with van der Waals surface area (Å²) in [4.78, 5) is 12.3. The van der Waals surface area contributed by atoms with Crippen molar-refractivity contribution in [3.8, 4) is 17.1 Å². The summed E-state index contributed by atoms with van der Waals surface area (Å²) in [6, 6.07) is 13.1. The van der Waals surface area contributed by atoms with Gasteiger partial charge in [-0.25, -0.2) is 0 Å². The largest absolute Gasteiger partial charge is 0.495 e. The quantitative estimate of drug-likeness (QED) is 0.357. The standard InChI is InChI=1S/C20H15ClF3N3O3S/c1-29-16-5-3-2-4-14(16)25-19(31)27-26-18(28)17-9-8-15(30-17)11-6-7-13(21)12(10-11)20(22,23)24/h2-10H,1H3,(H,26,28)(H2,25,27,31). The van der Waals surface area contributed by atoms with E-state index in [0.29, 0.717) is 11.4 Å². The molecule has 6 nitrogen and oxygen atoms in total. The molecule has 162 valence electrons. The van der Waals surface area contributed by atoms with E-state index in [0.717, 1.165) is 12.1 Å². The van der Waals surface area contributed by atoms with Gasteiger partial charge in [-0.3, -0.25) is 15.6 Å². The Bertz CT molecular complexity index is 1120. The number of benzene rings is 2. The summed E-state index contributed by atoms with van der Waals surface area (Å²) in [5, 5.41) is 2.51. The van der Waals surface area contributed by atoms with Gasteiger partial charge in [0.05, 0.1) is 23.4 Å². The number of methoxy groups -OCH3 is 1. The number of carbonyl (C=O) groups is 1. The average Bonchev–Trinajstić information content (AvgIpc) is 3.22. The van der Waals surface area contributed by atoms with Gasteiger partial charge in [-0.05, 0) is 54.7 Å². The maximum absolute atomic E-state index is 13.0. The van der Waals surface area contributed by atoms with Gasteiger partial charge >= 0.3 is 12.1 Å². The highest BCUT2D eigenvalue weighted by Gasteiger charge is 2.33. The molecular weight excluding hydrogens is 455 g/mol. The van der Waals surface area contributed by atoms with Gasteiger partial charge in [-0.15, -0.1) is 0 Å². The van der Waals surface area contributed by atoms with Crippen molar-refractivity contribution < 1.29 is 27.1 Å². The minimum Gasteiger partial charge on any atom is -0.495 e. The first-order valence-electron chi connectivity index (χ1n) is 8.66. The molecule has 0 unspecified atom stereocenters. The van der Waals surface area contributed by atoms with Crippen LogP contribution in [0.3, 0.4) is 0 Å². The molecule has 0 fully saturated rings. The second-order valence-corrected chi connectivity index (χ2v) is 6.91. The Labute approximate surface area is 185 Å². The molecule has 0 spiro atoms. The maximum atomic E-state index is 13.0. The summed E-state index contributed by atoms with van der Waals surface area (Å²) in [5.74, 6) is -0.191. The van der Waals surface area contributed by atoms with E-state index in [1.165, 1.54) is 25.3 Å². The molecule has 3 aromatic rings. The third-order valence-corrected chi connectivity index (χ3v) is 4.56. The normalized spacial score (nSPS) is 11.0. The van der Waals surface area contributed by atoms with Gasteiger partial charge in [0.15, 0.2) is 10.9 Å². The highest BCUT2D eigenvalue weighted by molar-refractivity contribution is 7.80. The summed E-state index contributed by atoms with van der Waals surface area (Å²) in [7, 11) is 1.51. The number of anilines is 1. The Morgan fingerprint density at radius 2 is 1.84 bits per heavy atom. The number of ether oxygens (including phenoxy) is 1. The van der Waals surface area contributed by atoms with Crippen LogP contribution in [0.5, 0.6) is 5.75 Å². The van der Waals surface area contributed by atoms with Crippen LogP contribution in [0.2, 0.25) is 5.02 Å². The zero-order valence-electron chi connectivity index (χ0n) is 15.8. The molecule has 0 aliphatic rings. The lowest BCUT2D eigenvalue weighted by Crippen LogP contribution is -2.43. The second-order valence-electron chi connectivity index (χ2n) is 6.09. The fraction of sp³-hybridized carbons (Fsp3) is 0.100. The van der Waals surface area contributed by atoms with Crippen LogP contribution in [0.25, 0.3) is 11.3 Å². The van der Waals surface area contributed by atoms with Crippen LogP contribution in [0, 0.1) is 0 Å². The van der Waals surface area contributed by atoms with Crippen molar-refractivity contribution >= 4 is 40.5 Å². The molecule has 0 atom stereocenters. The van der Waals surface area contributed by atoms with Crippen molar-refractivity contribution in [2.45, 2.75) is 6.18 Å². The van der Waals surface area contributed by atoms with Gasteiger partial charge in [0.25, 0.3) is 0 Å². The Morgan fingerprint density at radius 3 is 2.55 bits per heavy atom. The van der Waals surface area contributed by atoms with Gasteiger partial charge in [-0.2, -0.15) is 13.2 Å². The molecule has 1 aromatic heterocycles. The van der Waals surface area contributed by atoms with Gasteiger partial charge in [0.1, 0.15) is 11.5 Å². The number of amides is 1. The number of hydrogen-bond donors (Lipinski definition) is 3. The molecule has 0 saturated carbocycles. The van der Waals surface area contributed by atoms with Crippen molar-refractivity contribution in [1.29, 1.82) is 0 Å². The Morgan fingerprint density at radius 1 is 1.10 bits per heavy atom. The number of carbonyl (C=O) groups excluding carboxylic acids is 1. The Kier molecular flexibility index (Phi) is 6.71. The number of hydrogen-bond acceptors (Lipinski definition) is 4. The smallest absolute Gasteiger partial charge is 0.417 e. The van der Waals surface area contributed by atoms with E-state index in [9.17, 15) is 18.0 Å². The first-order valence-corrected chi connectivity index (χ1v) is 9.45. The zero-order valence-corrected chi connectivity index (χ0v) is 17.4. The van der Waals surface area contributed by atoms with Gasteiger partial charge in [0, 0.05) is 5.56 Å². The van der Waals surface area contributed by atoms with Crippen LogP contribution in [0.4, 0.5) is 18.9 Å². The molecular formula is C20H15ClF3N3O3S. The van der Waals surface area contributed by atoms with Crippen LogP contribution in [0.15, 0.2) is 59.0 Å². The van der Waals surface area contributed by atoms with Gasteiger partial charge in [-0.1, -0.05) is 23.7 Å². The van der Waals surface area contributed by atoms with E-state index >= 15 is 0 Å². The summed E-state index contributed by atoms with van der Waals surface area (Å²) in [6.07, 6.45) is -4.62. The minimum atomic E-state index is -4.62. The van der Waals surface area contributed by atoms with Crippen LogP contribution in [0.1, 0.15) is 16.1 Å². The van der Waals surface area contributed by atoms with Crippen molar-refractivity contribution in [2.24, 2.45) is 0 Å². The van der Waals surface area contributed by atoms with E-state index in [2.05, 4.69) is 16.2 Å². The molecule has 3 N–H and O–H groups in total. The summed E-state index contributed by atoms with van der Waals surface area (Å²) in [6.45, 7) is 0. The van der Waals surface area contributed by atoms with Gasteiger partial charge < -0.3 is 14.5 Å². The number of furan rings is 1. The van der Waals surface area contributed by atoms with E-state index in [-0.39, 0.29) is 22.2 Å². The van der Waals surface area contributed by atoms with E-state index < -0.39 is 22.7 Å². The van der Waals surface area contributed by atoms with Crippen LogP contribution in [-0.2, 0) is 6.18 Å². The molecule has 11 heteroatoms. The minimum absolute atomic E-state index is 0.0713. The molecule has 31 heavy (non-hydrogen) atoms. The first-order chi connectivity index (χ1) is 14.7. The zero-order chi connectivity index (χ0) is 22.6. The monoisotopic (exact) mass is 469 g/mol. The molecule has 0 aliphatic heterocycles. The number of alkyl halides is 3. The van der Waals surface area contributed by atoms with Crippen LogP contribution >= 0.6 is 23.8 Å². The molecule has 1 heterocycles. The molecule has 2 aromatic carbocycles.